The van der Waals surface area contributed by atoms with Crippen LogP contribution in [0.15, 0.2) is 16.4 Å². The molecule has 0 spiro atoms. The van der Waals surface area contributed by atoms with Gasteiger partial charge in [0.15, 0.2) is 0 Å². The molecular weight excluding hydrogens is 318 g/mol. The number of likely N-dealkylation sites (tertiary alicyclic amines) is 1. The van der Waals surface area contributed by atoms with Crippen LogP contribution >= 0.6 is 0 Å². The molecule has 2 fully saturated rings. The molecule has 3 aliphatic heterocycles. The smallest absolute Gasteiger partial charge is 0.410 e. The largest absolute Gasteiger partial charge is 0.444 e. The Bertz CT molecular complexity index is 624. The maximum absolute atomic E-state index is 12.2. The lowest BCUT2D eigenvalue weighted by atomic mass is 10.1. The first-order valence-corrected chi connectivity index (χ1v) is 9.28. The van der Waals surface area contributed by atoms with Crippen LogP contribution in [0.3, 0.4) is 0 Å². The summed E-state index contributed by atoms with van der Waals surface area (Å²) in [6.45, 7) is 10.1. The third kappa shape index (κ3) is 3.16. The minimum atomic E-state index is -0.419. The molecule has 138 valence electrons. The Balaban J connectivity index is 1.30. The van der Waals surface area contributed by atoms with Crippen LogP contribution in [-0.4, -0.2) is 67.2 Å². The van der Waals surface area contributed by atoms with Crippen molar-refractivity contribution >= 4 is 11.9 Å². The van der Waals surface area contributed by atoms with E-state index in [1.165, 1.54) is 5.57 Å². The molecule has 0 aromatic heterocycles. The number of hydrogen-bond acceptors (Lipinski definition) is 6. The Morgan fingerprint density at radius 3 is 2.72 bits per heavy atom. The molecular formula is C18H29N5O2. The Morgan fingerprint density at radius 1 is 1.32 bits per heavy atom. The topological polar surface area (TPSA) is 69.2 Å². The second kappa shape index (κ2) is 5.81. The van der Waals surface area contributed by atoms with E-state index in [0.29, 0.717) is 24.4 Å². The molecule has 1 saturated carbocycles. The van der Waals surface area contributed by atoms with E-state index in [1.807, 2.05) is 25.7 Å². The first-order valence-electron chi connectivity index (χ1n) is 9.28. The summed E-state index contributed by atoms with van der Waals surface area (Å²) in [5, 5.41) is 6.70. The number of nitrogens with zero attached hydrogens (tertiary/aromatic N) is 3. The molecule has 3 heterocycles. The average molecular weight is 347 g/mol. The zero-order chi connectivity index (χ0) is 17.8. The van der Waals surface area contributed by atoms with Gasteiger partial charge >= 0.3 is 6.09 Å². The lowest BCUT2D eigenvalue weighted by molar-refractivity contribution is 0.0264. The molecule has 4 aliphatic rings. The number of amides is 1. The van der Waals surface area contributed by atoms with E-state index in [1.54, 1.807) is 0 Å². The zero-order valence-corrected chi connectivity index (χ0v) is 15.6. The third-order valence-electron chi connectivity index (χ3n) is 5.60. The van der Waals surface area contributed by atoms with Gasteiger partial charge in [-0.2, -0.15) is 0 Å². The Labute approximate surface area is 149 Å². The number of aliphatic imine (C=N–C) groups is 1. The molecule has 2 unspecified atom stereocenters. The van der Waals surface area contributed by atoms with E-state index in [2.05, 4.69) is 27.6 Å². The van der Waals surface area contributed by atoms with Gasteiger partial charge in [0.05, 0.1) is 0 Å². The van der Waals surface area contributed by atoms with Gasteiger partial charge < -0.3 is 25.2 Å². The molecule has 25 heavy (non-hydrogen) atoms. The molecule has 7 heteroatoms. The lowest BCUT2D eigenvalue weighted by Gasteiger charge is -2.28. The van der Waals surface area contributed by atoms with Gasteiger partial charge in [0.25, 0.3) is 0 Å². The fourth-order valence-electron chi connectivity index (χ4n) is 4.38. The summed E-state index contributed by atoms with van der Waals surface area (Å²) >= 11 is 0. The fourth-order valence-corrected chi connectivity index (χ4v) is 4.38. The molecule has 1 saturated heterocycles. The molecule has 0 aromatic rings. The van der Waals surface area contributed by atoms with Crippen molar-refractivity contribution in [3.8, 4) is 0 Å². The van der Waals surface area contributed by atoms with Crippen LogP contribution in [-0.2, 0) is 4.74 Å². The maximum atomic E-state index is 12.2. The first kappa shape index (κ1) is 16.5. The summed E-state index contributed by atoms with van der Waals surface area (Å²) in [6.07, 6.45) is 0.872. The van der Waals surface area contributed by atoms with E-state index in [4.69, 9.17) is 4.74 Å². The lowest BCUT2D eigenvalue weighted by Crippen LogP contribution is -2.39. The fraction of sp³-hybridized carbons (Fsp3) is 0.778. The van der Waals surface area contributed by atoms with Crippen molar-refractivity contribution in [2.45, 2.75) is 32.8 Å². The monoisotopic (exact) mass is 347 g/mol. The molecule has 1 amide bonds. The van der Waals surface area contributed by atoms with Crippen molar-refractivity contribution in [2.75, 3.05) is 39.9 Å². The van der Waals surface area contributed by atoms with Crippen LogP contribution in [0.4, 0.5) is 4.79 Å². The number of fused-ring (bicyclic) bond motifs is 1. The van der Waals surface area contributed by atoms with Gasteiger partial charge in [-0.3, -0.25) is 0 Å². The van der Waals surface area contributed by atoms with Crippen molar-refractivity contribution in [3.63, 3.8) is 0 Å². The molecule has 0 bridgehead atoms. The van der Waals surface area contributed by atoms with Gasteiger partial charge in [-0.25, -0.2) is 9.79 Å². The highest BCUT2D eigenvalue weighted by Crippen LogP contribution is 2.52. The maximum Gasteiger partial charge on any atom is 0.410 e. The van der Waals surface area contributed by atoms with Gasteiger partial charge in [0.2, 0.25) is 0 Å². The molecule has 4 rings (SSSR count). The molecule has 1 aliphatic carbocycles. The molecule has 2 N–H and O–H groups in total. The molecule has 0 aromatic carbocycles. The Hall–Kier alpha value is -1.92. The van der Waals surface area contributed by atoms with E-state index in [9.17, 15) is 4.79 Å². The van der Waals surface area contributed by atoms with Crippen LogP contribution in [0, 0.1) is 17.8 Å². The number of carbonyl (C=O) groups excluding carboxylic acids is 1. The van der Waals surface area contributed by atoms with Gasteiger partial charge in [-0.1, -0.05) is 0 Å². The number of likely N-dealkylation sites (N-methyl/N-ethyl adjacent to an activating group) is 1. The van der Waals surface area contributed by atoms with E-state index < -0.39 is 5.60 Å². The summed E-state index contributed by atoms with van der Waals surface area (Å²) in [5.74, 6) is 4.19. The van der Waals surface area contributed by atoms with Crippen LogP contribution in [0.1, 0.15) is 27.2 Å². The van der Waals surface area contributed by atoms with Crippen molar-refractivity contribution in [2.24, 2.45) is 22.7 Å². The average Bonchev–Trinajstić information content (AvgIpc) is 2.97. The van der Waals surface area contributed by atoms with Crippen molar-refractivity contribution in [3.05, 3.63) is 11.4 Å². The Morgan fingerprint density at radius 2 is 2.04 bits per heavy atom. The second-order valence-corrected chi connectivity index (χ2v) is 8.60. The zero-order valence-electron chi connectivity index (χ0n) is 15.6. The van der Waals surface area contributed by atoms with E-state index >= 15 is 0 Å². The summed E-state index contributed by atoms with van der Waals surface area (Å²) in [4.78, 5) is 21.0. The van der Waals surface area contributed by atoms with E-state index in [0.717, 1.165) is 44.3 Å². The van der Waals surface area contributed by atoms with Gasteiger partial charge in [0.1, 0.15) is 23.9 Å². The SMILES string of the molecule is CN(CC1C2CN(C(=O)OC(C)(C)C)C[C@@H]12)C1=NCNC2=C1CCN2. The highest BCUT2D eigenvalue weighted by molar-refractivity contribution is 5.99. The van der Waals surface area contributed by atoms with Crippen molar-refractivity contribution < 1.29 is 9.53 Å². The van der Waals surface area contributed by atoms with Crippen LogP contribution in [0.5, 0.6) is 0 Å². The van der Waals surface area contributed by atoms with Gasteiger partial charge in [-0.15, -0.1) is 0 Å². The number of rotatable bonds is 2. The number of ether oxygens (including phenoxy) is 1. The predicted octanol–water partition coefficient (Wildman–Crippen LogP) is 1.20. The second-order valence-electron chi connectivity index (χ2n) is 8.60. The summed E-state index contributed by atoms with van der Waals surface area (Å²) in [6, 6.07) is 0. The minimum absolute atomic E-state index is 0.165. The number of hydrogen-bond donors (Lipinski definition) is 2. The van der Waals surface area contributed by atoms with Crippen molar-refractivity contribution in [1.82, 2.24) is 20.4 Å². The Kier molecular flexibility index (Phi) is 3.85. The van der Waals surface area contributed by atoms with Crippen LogP contribution in [0.25, 0.3) is 0 Å². The summed E-state index contributed by atoms with van der Waals surface area (Å²) in [7, 11) is 2.15. The molecule has 7 nitrogen and oxygen atoms in total. The van der Waals surface area contributed by atoms with Crippen LogP contribution < -0.4 is 10.6 Å². The molecule has 0 radical (unpaired) electrons. The quantitative estimate of drug-likeness (QED) is 0.785. The normalized spacial score (nSPS) is 30.2. The van der Waals surface area contributed by atoms with E-state index in [-0.39, 0.29) is 6.09 Å². The van der Waals surface area contributed by atoms with Crippen LogP contribution in [0.2, 0.25) is 0 Å². The number of carbonyl (C=O) groups is 1. The minimum Gasteiger partial charge on any atom is -0.444 e. The standard InChI is InChI=1S/C18H29N5O2/c1-18(2,3)25-17(24)23-8-13-12(14(13)9-23)7-22(4)16-11-5-6-19-15(11)20-10-21-16/h12-14,19-20H,5-10H2,1-4H3/t12?,13-,14?/m0/s1. The summed E-state index contributed by atoms with van der Waals surface area (Å²) in [5.41, 5.74) is 0.896. The number of piperidine rings is 1. The number of amidine groups is 1. The van der Waals surface area contributed by atoms with Gasteiger partial charge in [0, 0.05) is 38.8 Å². The predicted molar refractivity (Wildman–Crippen MR) is 96.0 cm³/mol. The number of nitrogens with one attached hydrogen (secondary N) is 2. The highest BCUT2D eigenvalue weighted by atomic mass is 16.6. The molecule has 3 atom stereocenters. The van der Waals surface area contributed by atoms with Gasteiger partial charge in [-0.05, 0) is 44.9 Å². The first-order chi connectivity index (χ1) is 11.8. The summed E-state index contributed by atoms with van der Waals surface area (Å²) < 4.78 is 5.49. The highest BCUT2D eigenvalue weighted by Gasteiger charge is 2.57. The third-order valence-corrected chi connectivity index (χ3v) is 5.60. The van der Waals surface area contributed by atoms with Crippen molar-refractivity contribution in [1.29, 1.82) is 0 Å².